The molecule has 2 aliphatic heterocycles. The van der Waals surface area contributed by atoms with Gasteiger partial charge >= 0.3 is 5.97 Å². The summed E-state index contributed by atoms with van der Waals surface area (Å²) < 4.78 is 13.0. The van der Waals surface area contributed by atoms with E-state index in [9.17, 15) is 9.59 Å². The Bertz CT molecular complexity index is 991. The van der Waals surface area contributed by atoms with Crippen LogP contribution >= 0.6 is 0 Å². The van der Waals surface area contributed by atoms with Crippen LogP contribution in [-0.2, 0) is 28.9 Å². The number of esters is 1. The van der Waals surface area contributed by atoms with Gasteiger partial charge in [-0.05, 0) is 63.0 Å². The quantitative estimate of drug-likeness (QED) is 0.698. The number of rotatable bonds is 6. The molecule has 172 valence electrons. The molecule has 1 aromatic carbocycles. The number of carbonyl (C=O) groups excluding carboxylic acids is 2. The molecule has 0 saturated carbocycles. The number of carbonyl (C=O) groups is 2. The monoisotopic (exact) mass is 439 g/mol. The number of aromatic nitrogens is 2. The maximum absolute atomic E-state index is 12.9. The molecule has 1 N–H and O–H groups in total. The molecule has 1 amide bonds. The van der Waals surface area contributed by atoms with E-state index >= 15 is 0 Å². The maximum atomic E-state index is 12.9. The van der Waals surface area contributed by atoms with Gasteiger partial charge in [-0.3, -0.25) is 9.48 Å². The summed E-state index contributed by atoms with van der Waals surface area (Å²) in [5, 5.41) is 7.94. The average molecular weight is 440 g/mol. The highest BCUT2D eigenvalue weighted by Crippen LogP contribution is 2.38. The van der Waals surface area contributed by atoms with E-state index in [1.165, 1.54) is 0 Å². The van der Waals surface area contributed by atoms with E-state index in [-0.39, 0.29) is 23.2 Å². The van der Waals surface area contributed by atoms with Crippen LogP contribution in [0.25, 0.3) is 0 Å². The Kier molecular flexibility index (Phi) is 6.65. The van der Waals surface area contributed by atoms with Crippen LogP contribution in [0.5, 0.6) is 0 Å². The number of nitrogens with zero attached hydrogens (tertiary/aromatic N) is 2. The Morgan fingerprint density at radius 2 is 2.12 bits per heavy atom. The van der Waals surface area contributed by atoms with Crippen molar-refractivity contribution in [1.29, 1.82) is 0 Å². The van der Waals surface area contributed by atoms with Crippen molar-refractivity contribution >= 4 is 11.9 Å². The molecule has 1 spiro atoms. The highest BCUT2D eigenvalue weighted by atomic mass is 16.5. The van der Waals surface area contributed by atoms with Gasteiger partial charge in [0, 0.05) is 31.9 Å². The number of fused-ring (bicyclic) bond motifs is 1. The topological polar surface area (TPSA) is 82.5 Å². The first kappa shape index (κ1) is 22.5. The van der Waals surface area contributed by atoms with Gasteiger partial charge in [0.25, 0.3) is 5.91 Å². The van der Waals surface area contributed by atoms with Crippen molar-refractivity contribution in [3.63, 3.8) is 0 Å². The van der Waals surface area contributed by atoms with E-state index in [1.54, 1.807) is 6.07 Å². The smallest absolute Gasteiger partial charge is 0.338 e. The number of ether oxygens (including phenoxy) is 2. The van der Waals surface area contributed by atoms with Crippen molar-refractivity contribution in [2.45, 2.75) is 53.0 Å². The van der Waals surface area contributed by atoms with Crippen LogP contribution in [0, 0.1) is 18.3 Å². The predicted octanol–water partition coefficient (Wildman–Crippen LogP) is 3.33. The summed E-state index contributed by atoms with van der Waals surface area (Å²) in [5.74, 6) is -0.258. The Hall–Kier alpha value is -2.67. The van der Waals surface area contributed by atoms with Crippen LogP contribution in [0.2, 0.25) is 0 Å². The Labute approximate surface area is 189 Å². The van der Waals surface area contributed by atoms with E-state index in [2.05, 4.69) is 12.2 Å². The molecule has 4 rings (SSSR count). The number of aryl methyl sites for hydroxylation is 2. The summed E-state index contributed by atoms with van der Waals surface area (Å²) in [6, 6.07) is 7.42. The Balaban J connectivity index is 1.50. The fourth-order valence-corrected chi connectivity index (χ4v) is 4.79. The van der Waals surface area contributed by atoms with Gasteiger partial charge < -0.3 is 14.8 Å². The zero-order chi connectivity index (χ0) is 22.7. The van der Waals surface area contributed by atoms with Crippen molar-refractivity contribution in [1.82, 2.24) is 15.1 Å². The Morgan fingerprint density at radius 3 is 2.84 bits per heavy atom. The first-order chi connectivity index (χ1) is 15.4. The van der Waals surface area contributed by atoms with Gasteiger partial charge in [0.1, 0.15) is 5.69 Å². The first-order valence-corrected chi connectivity index (χ1v) is 11.6. The lowest BCUT2D eigenvalue weighted by Crippen LogP contribution is -2.40. The molecular formula is C25H33N3O4. The highest BCUT2D eigenvalue weighted by molar-refractivity contribution is 5.94. The number of benzene rings is 1. The molecule has 7 heteroatoms. The fourth-order valence-electron chi connectivity index (χ4n) is 4.79. The van der Waals surface area contributed by atoms with Gasteiger partial charge in [0.15, 0.2) is 0 Å². The number of hydrogen-bond donors (Lipinski definition) is 1. The molecule has 1 fully saturated rings. The summed E-state index contributed by atoms with van der Waals surface area (Å²) in [6.07, 6.45) is 3.37. The van der Waals surface area contributed by atoms with E-state index in [0.717, 1.165) is 49.3 Å². The molecule has 0 radical (unpaired) electrons. The number of amides is 1. The standard InChI is InChI=1S/C25H33N3O4/c1-4-28-22-20(14-25(16-26-23(22)29)8-10-31-11-9-25)21(27-28)13-18(3)15-32-24(30)19-7-5-6-17(2)12-19/h5-7,12,18H,4,8-11,13-16H2,1-3H3,(H,26,29)/t18-/m1/s1. The normalized spacial score (nSPS) is 18.5. The molecule has 1 saturated heterocycles. The molecule has 3 heterocycles. The number of hydrogen-bond acceptors (Lipinski definition) is 5. The lowest BCUT2D eigenvalue weighted by atomic mass is 9.75. The summed E-state index contributed by atoms with van der Waals surface area (Å²) in [5.41, 5.74) is 4.32. The summed E-state index contributed by atoms with van der Waals surface area (Å²) >= 11 is 0. The molecule has 32 heavy (non-hydrogen) atoms. The van der Waals surface area contributed by atoms with Gasteiger partial charge in [-0.25, -0.2) is 4.79 Å². The van der Waals surface area contributed by atoms with Gasteiger partial charge in [0.2, 0.25) is 0 Å². The largest absolute Gasteiger partial charge is 0.462 e. The molecular weight excluding hydrogens is 406 g/mol. The molecule has 0 aliphatic carbocycles. The van der Waals surface area contributed by atoms with Crippen molar-refractivity contribution in [3.05, 3.63) is 52.3 Å². The van der Waals surface area contributed by atoms with Crippen molar-refractivity contribution in [2.75, 3.05) is 26.4 Å². The molecule has 0 unspecified atom stereocenters. The van der Waals surface area contributed by atoms with Gasteiger partial charge in [0.05, 0.1) is 17.9 Å². The summed E-state index contributed by atoms with van der Waals surface area (Å²) in [6.45, 7) is 9.11. The Morgan fingerprint density at radius 1 is 1.34 bits per heavy atom. The zero-order valence-corrected chi connectivity index (χ0v) is 19.3. The molecule has 0 bridgehead atoms. The minimum atomic E-state index is -0.306. The fraction of sp³-hybridized carbons (Fsp3) is 0.560. The van der Waals surface area contributed by atoms with Crippen LogP contribution in [0.1, 0.15) is 64.4 Å². The average Bonchev–Trinajstić information content (AvgIpc) is 3.06. The van der Waals surface area contributed by atoms with Crippen LogP contribution in [0.4, 0.5) is 0 Å². The predicted molar refractivity (Wildman–Crippen MR) is 121 cm³/mol. The van der Waals surface area contributed by atoms with Crippen molar-refractivity contribution in [3.8, 4) is 0 Å². The number of nitrogens with one attached hydrogen (secondary N) is 1. The van der Waals surface area contributed by atoms with E-state index < -0.39 is 0 Å². The summed E-state index contributed by atoms with van der Waals surface area (Å²) in [7, 11) is 0. The zero-order valence-electron chi connectivity index (χ0n) is 19.3. The van der Waals surface area contributed by atoms with E-state index in [1.807, 2.05) is 36.7 Å². The SMILES string of the molecule is CCn1nc(C[C@@H](C)COC(=O)c2cccc(C)c2)c2c1C(=O)NCC1(CCOCC1)C2. The third kappa shape index (κ3) is 4.72. The molecule has 1 atom stereocenters. The highest BCUT2D eigenvalue weighted by Gasteiger charge is 2.39. The molecule has 2 aliphatic rings. The van der Waals surface area contributed by atoms with E-state index in [0.29, 0.717) is 37.4 Å². The minimum Gasteiger partial charge on any atom is -0.462 e. The third-order valence-corrected chi connectivity index (χ3v) is 6.67. The van der Waals surface area contributed by atoms with Gasteiger partial charge in [-0.15, -0.1) is 0 Å². The first-order valence-electron chi connectivity index (χ1n) is 11.6. The van der Waals surface area contributed by atoms with Crippen LogP contribution in [-0.4, -0.2) is 48.0 Å². The minimum absolute atomic E-state index is 0.0242. The molecule has 7 nitrogen and oxygen atoms in total. The van der Waals surface area contributed by atoms with Crippen molar-refractivity contribution < 1.29 is 19.1 Å². The lowest BCUT2D eigenvalue weighted by molar-refractivity contribution is 0.0160. The van der Waals surface area contributed by atoms with Crippen LogP contribution in [0.15, 0.2) is 24.3 Å². The molecule has 2 aromatic rings. The summed E-state index contributed by atoms with van der Waals surface area (Å²) in [4.78, 5) is 25.4. The third-order valence-electron chi connectivity index (χ3n) is 6.67. The van der Waals surface area contributed by atoms with Crippen LogP contribution in [0.3, 0.4) is 0 Å². The second-order valence-corrected chi connectivity index (χ2v) is 9.34. The lowest BCUT2D eigenvalue weighted by Gasteiger charge is -2.36. The van der Waals surface area contributed by atoms with E-state index in [4.69, 9.17) is 14.6 Å². The molecule has 1 aromatic heterocycles. The van der Waals surface area contributed by atoms with Gasteiger partial charge in [-0.2, -0.15) is 5.10 Å². The second kappa shape index (κ2) is 9.45. The van der Waals surface area contributed by atoms with Crippen LogP contribution < -0.4 is 5.32 Å². The van der Waals surface area contributed by atoms with Crippen molar-refractivity contribution in [2.24, 2.45) is 11.3 Å². The second-order valence-electron chi connectivity index (χ2n) is 9.34. The van der Waals surface area contributed by atoms with Gasteiger partial charge in [-0.1, -0.05) is 24.6 Å². The maximum Gasteiger partial charge on any atom is 0.338 e.